The van der Waals surface area contributed by atoms with Gasteiger partial charge < -0.3 is 15.4 Å². The molecular weight excluding hydrogens is 320 g/mol. The predicted octanol–water partition coefficient (Wildman–Crippen LogP) is 2.87. The zero-order valence-electron chi connectivity index (χ0n) is 14.0. The first-order valence-corrected chi connectivity index (χ1v) is 8.24. The van der Waals surface area contributed by atoms with Crippen molar-refractivity contribution in [3.63, 3.8) is 0 Å². The average molecular weight is 340 g/mol. The number of hydrogen-bond acceptors (Lipinski definition) is 6. The van der Waals surface area contributed by atoms with E-state index in [4.69, 9.17) is 0 Å². The van der Waals surface area contributed by atoms with E-state index in [-0.39, 0.29) is 5.91 Å². The molecule has 0 aliphatic heterocycles. The van der Waals surface area contributed by atoms with Crippen LogP contribution in [-0.2, 0) is 4.74 Å². The Morgan fingerprint density at radius 1 is 1.04 bits per heavy atom. The number of nitrogens with one attached hydrogen (secondary N) is 2. The zero-order chi connectivity index (χ0) is 17.6. The molecule has 1 aliphatic carbocycles. The van der Waals surface area contributed by atoms with Crippen molar-refractivity contribution in [1.29, 1.82) is 0 Å². The Balaban J connectivity index is 1.59. The van der Waals surface area contributed by atoms with Crippen LogP contribution in [0.5, 0.6) is 0 Å². The quantitative estimate of drug-likeness (QED) is 0.813. The number of carbonyl (C=O) groups excluding carboxylic acids is 2. The van der Waals surface area contributed by atoms with Crippen molar-refractivity contribution in [3.8, 4) is 0 Å². The number of rotatable bonds is 5. The van der Waals surface area contributed by atoms with Crippen LogP contribution in [0, 0.1) is 0 Å². The van der Waals surface area contributed by atoms with Gasteiger partial charge in [0.25, 0.3) is 5.91 Å². The second-order valence-electron chi connectivity index (χ2n) is 5.94. The Labute approximate surface area is 145 Å². The summed E-state index contributed by atoms with van der Waals surface area (Å²) in [5.41, 5.74) is 1.37. The van der Waals surface area contributed by atoms with E-state index in [0.717, 1.165) is 12.8 Å². The molecule has 2 aromatic rings. The third-order valence-corrected chi connectivity index (χ3v) is 4.17. The molecule has 130 valence electrons. The van der Waals surface area contributed by atoms with Gasteiger partial charge in [-0.15, -0.1) is 0 Å². The Hall–Kier alpha value is -2.96. The van der Waals surface area contributed by atoms with Gasteiger partial charge in [-0.25, -0.2) is 14.8 Å². The van der Waals surface area contributed by atoms with E-state index < -0.39 is 5.97 Å². The van der Waals surface area contributed by atoms with Crippen LogP contribution in [0.4, 0.5) is 11.6 Å². The largest absolute Gasteiger partial charge is 0.465 e. The third-order valence-electron chi connectivity index (χ3n) is 4.17. The van der Waals surface area contributed by atoms with E-state index in [1.165, 1.54) is 32.3 Å². The maximum Gasteiger partial charge on any atom is 0.337 e. The van der Waals surface area contributed by atoms with Gasteiger partial charge in [0.2, 0.25) is 5.95 Å². The number of anilines is 2. The van der Waals surface area contributed by atoms with Crippen LogP contribution in [-0.4, -0.2) is 35.0 Å². The second kappa shape index (κ2) is 7.74. The SMILES string of the molecule is COC(=O)c1ccc(NC(=O)c2cnc(NC3CCCC3)nc2)cc1. The van der Waals surface area contributed by atoms with Crippen LogP contribution >= 0.6 is 0 Å². The lowest BCUT2D eigenvalue weighted by atomic mass is 10.2. The molecule has 7 heteroatoms. The van der Waals surface area contributed by atoms with Gasteiger partial charge in [-0.05, 0) is 37.1 Å². The van der Waals surface area contributed by atoms with Crippen LogP contribution in [0.15, 0.2) is 36.7 Å². The fraction of sp³-hybridized carbons (Fsp3) is 0.333. The Bertz CT molecular complexity index is 738. The van der Waals surface area contributed by atoms with E-state index in [1.807, 2.05) is 0 Å². The maximum absolute atomic E-state index is 12.2. The summed E-state index contributed by atoms with van der Waals surface area (Å²) in [4.78, 5) is 32.1. The fourth-order valence-corrected chi connectivity index (χ4v) is 2.78. The summed E-state index contributed by atoms with van der Waals surface area (Å²) in [6.07, 6.45) is 7.73. The van der Waals surface area contributed by atoms with Crippen molar-refractivity contribution in [2.24, 2.45) is 0 Å². The highest BCUT2D eigenvalue weighted by Crippen LogP contribution is 2.20. The topological polar surface area (TPSA) is 93.2 Å². The molecular formula is C18H20N4O3. The van der Waals surface area contributed by atoms with E-state index >= 15 is 0 Å². The monoisotopic (exact) mass is 340 g/mol. The molecule has 3 rings (SSSR count). The molecule has 0 atom stereocenters. The number of nitrogens with zero attached hydrogens (tertiary/aromatic N) is 2. The highest BCUT2D eigenvalue weighted by molar-refractivity contribution is 6.04. The summed E-state index contributed by atoms with van der Waals surface area (Å²) in [7, 11) is 1.32. The third kappa shape index (κ3) is 4.32. The molecule has 1 aromatic heterocycles. The minimum Gasteiger partial charge on any atom is -0.465 e. The molecule has 0 bridgehead atoms. The lowest BCUT2D eigenvalue weighted by Crippen LogP contribution is -2.18. The average Bonchev–Trinajstić information content (AvgIpc) is 3.15. The van der Waals surface area contributed by atoms with Gasteiger partial charge in [0.05, 0.1) is 18.2 Å². The number of aromatic nitrogens is 2. The number of carbonyl (C=O) groups is 2. The molecule has 2 N–H and O–H groups in total. The van der Waals surface area contributed by atoms with Crippen LogP contribution in [0.3, 0.4) is 0 Å². The summed E-state index contributed by atoms with van der Waals surface area (Å²) in [6.45, 7) is 0. The maximum atomic E-state index is 12.2. The molecule has 1 fully saturated rings. The highest BCUT2D eigenvalue weighted by Gasteiger charge is 2.16. The molecule has 0 spiro atoms. The van der Waals surface area contributed by atoms with Gasteiger partial charge in [0.1, 0.15) is 0 Å². The van der Waals surface area contributed by atoms with Gasteiger partial charge in [-0.1, -0.05) is 12.8 Å². The normalized spacial score (nSPS) is 14.1. The first-order valence-electron chi connectivity index (χ1n) is 8.24. The zero-order valence-corrected chi connectivity index (χ0v) is 14.0. The molecule has 0 radical (unpaired) electrons. The van der Waals surface area contributed by atoms with Crippen molar-refractivity contribution in [2.75, 3.05) is 17.7 Å². The van der Waals surface area contributed by atoms with Gasteiger partial charge in [0, 0.05) is 24.1 Å². The highest BCUT2D eigenvalue weighted by atomic mass is 16.5. The van der Waals surface area contributed by atoms with Crippen LogP contribution in [0.2, 0.25) is 0 Å². The minimum absolute atomic E-state index is 0.307. The molecule has 1 saturated carbocycles. The van der Waals surface area contributed by atoms with Gasteiger partial charge in [-0.3, -0.25) is 4.79 Å². The van der Waals surface area contributed by atoms with Gasteiger partial charge in [0.15, 0.2) is 0 Å². The second-order valence-corrected chi connectivity index (χ2v) is 5.94. The predicted molar refractivity (Wildman–Crippen MR) is 93.6 cm³/mol. The molecule has 1 amide bonds. The van der Waals surface area contributed by atoms with Gasteiger partial charge in [-0.2, -0.15) is 0 Å². The van der Waals surface area contributed by atoms with Crippen LogP contribution < -0.4 is 10.6 Å². The smallest absolute Gasteiger partial charge is 0.337 e. The first kappa shape index (κ1) is 16.9. The first-order chi connectivity index (χ1) is 12.2. The fourth-order valence-electron chi connectivity index (χ4n) is 2.78. The summed E-state index contributed by atoms with van der Waals surface area (Å²) in [5, 5.41) is 6.02. The van der Waals surface area contributed by atoms with E-state index in [2.05, 4.69) is 25.3 Å². The summed E-state index contributed by atoms with van der Waals surface area (Å²) in [6, 6.07) is 6.88. The lowest BCUT2D eigenvalue weighted by Gasteiger charge is -2.11. The van der Waals surface area contributed by atoms with Crippen LogP contribution in [0.1, 0.15) is 46.4 Å². The molecule has 1 heterocycles. The summed E-state index contributed by atoms with van der Waals surface area (Å²) < 4.78 is 4.64. The van der Waals surface area contributed by atoms with Crippen molar-refractivity contribution in [3.05, 3.63) is 47.8 Å². The standard InChI is InChI=1S/C18H20N4O3/c1-25-17(24)12-6-8-15(9-7-12)21-16(23)13-10-19-18(20-11-13)22-14-4-2-3-5-14/h6-11,14H,2-5H2,1H3,(H,21,23)(H,19,20,22). The Morgan fingerprint density at radius 2 is 1.68 bits per heavy atom. The van der Waals surface area contributed by atoms with Gasteiger partial charge >= 0.3 is 5.97 Å². The molecule has 7 nitrogen and oxygen atoms in total. The van der Waals surface area contributed by atoms with Crippen molar-refractivity contribution in [1.82, 2.24) is 9.97 Å². The van der Waals surface area contributed by atoms with Crippen molar-refractivity contribution in [2.45, 2.75) is 31.7 Å². The number of amides is 1. The molecule has 0 saturated heterocycles. The molecule has 0 unspecified atom stereocenters. The van der Waals surface area contributed by atoms with E-state index in [1.54, 1.807) is 24.3 Å². The van der Waals surface area contributed by atoms with Crippen molar-refractivity contribution >= 4 is 23.5 Å². The lowest BCUT2D eigenvalue weighted by molar-refractivity contribution is 0.0600. The summed E-state index contributed by atoms with van der Waals surface area (Å²) >= 11 is 0. The van der Waals surface area contributed by atoms with E-state index in [9.17, 15) is 9.59 Å². The number of ether oxygens (including phenoxy) is 1. The summed E-state index contributed by atoms with van der Waals surface area (Å²) in [5.74, 6) is -0.180. The van der Waals surface area contributed by atoms with E-state index in [0.29, 0.717) is 28.8 Å². The molecule has 1 aromatic carbocycles. The number of benzene rings is 1. The minimum atomic E-state index is -0.420. The number of esters is 1. The van der Waals surface area contributed by atoms with Crippen LogP contribution in [0.25, 0.3) is 0 Å². The Kier molecular flexibility index (Phi) is 5.23. The number of hydrogen-bond donors (Lipinski definition) is 2. The molecule has 1 aliphatic rings. The molecule has 25 heavy (non-hydrogen) atoms. The Morgan fingerprint density at radius 3 is 2.28 bits per heavy atom. The van der Waals surface area contributed by atoms with Crippen molar-refractivity contribution < 1.29 is 14.3 Å². The number of methoxy groups -OCH3 is 1.